The minimum absolute atomic E-state index is 0.177. The van der Waals surface area contributed by atoms with E-state index in [2.05, 4.69) is 5.32 Å². The Labute approximate surface area is 63.0 Å². The van der Waals surface area contributed by atoms with Gasteiger partial charge in [-0.2, -0.15) is 0 Å². The van der Waals surface area contributed by atoms with Crippen molar-refractivity contribution in [2.75, 3.05) is 6.54 Å². The number of nitrogens with one attached hydrogen (secondary N) is 1. The lowest BCUT2D eigenvalue weighted by Crippen LogP contribution is -2.50. The number of amides is 1. The van der Waals surface area contributed by atoms with Crippen LogP contribution < -0.4 is 5.32 Å². The van der Waals surface area contributed by atoms with Crippen LogP contribution in [0.3, 0.4) is 0 Å². The van der Waals surface area contributed by atoms with E-state index in [-0.39, 0.29) is 18.7 Å². The first-order chi connectivity index (χ1) is 5.04. The molecular weight excluding hydrogens is 152 g/mol. The summed E-state index contributed by atoms with van der Waals surface area (Å²) in [5.41, 5.74) is -0.691. The molecule has 1 saturated carbocycles. The van der Waals surface area contributed by atoms with Crippen LogP contribution in [0.1, 0.15) is 19.3 Å². The number of halogens is 2. The molecule has 2 aliphatic rings. The molecule has 2 rings (SSSR count). The van der Waals surface area contributed by atoms with E-state index < -0.39 is 11.3 Å². The van der Waals surface area contributed by atoms with Crippen LogP contribution in [0.5, 0.6) is 0 Å². The molecule has 0 aromatic carbocycles. The molecule has 1 amide bonds. The molecule has 0 radical (unpaired) electrons. The van der Waals surface area contributed by atoms with Crippen molar-refractivity contribution >= 4 is 5.91 Å². The largest absolute Gasteiger partial charge is 0.356 e. The lowest BCUT2D eigenvalue weighted by molar-refractivity contribution is -0.172. The molecule has 0 bridgehead atoms. The second-order valence-electron chi connectivity index (χ2n) is 3.50. The van der Waals surface area contributed by atoms with Gasteiger partial charge in [0.05, 0.1) is 5.41 Å². The zero-order valence-corrected chi connectivity index (χ0v) is 5.99. The third-order valence-electron chi connectivity index (χ3n) is 2.56. The standard InChI is InChI=1S/C7H9F2NO/c8-7(9)3-6(4-7)1-2-10-5(6)11/h1-4H2,(H,10,11). The fourth-order valence-electron chi connectivity index (χ4n) is 1.99. The van der Waals surface area contributed by atoms with Gasteiger partial charge in [0.25, 0.3) is 0 Å². The van der Waals surface area contributed by atoms with Crippen LogP contribution >= 0.6 is 0 Å². The Bertz CT molecular complexity index is 206. The fraction of sp³-hybridized carbons (Fsp3) is 0.857. The Hall–Kier alpha value is -0.670. The number of alkyl halides is 2. The van der Waals surface area contributed by atoms with Crippen molar-refractivity contribution in [3.8, 4) is 0 Å². The van der Waals surface area contributed by atoms with Gasteiger partial charge in [0, 0.05) is 19.4 Å². The Balaban J connectivity index is 2.11. The van der Waals surface area contributed by atoms with Gasteiger partial charge in [0.15, 0.2) is 0 Å². The first kappa shape index (κ1) is 7.00. The lowest BCUT2D eigenvalue weighted by Gasteiger charge is -2.42. The van der Waals surface area contributed by atoms with Crippen LogP contribution in [0, 0.1) is 5.41 Å². The normalized spacial score (nSPS) is 31.6. The van der Waals surface area contributed by atoms with Crippen molar-refractivity contribution in [1.82, 2.24) is 5.32 Å². The maximum Gasteiger partial charge on any atom is 0.250 e. The third-order valence-corrected chi connectivity index (χ3v) is 2.56. The topological polar surface area (TPSA) is 29.1 Å². The molecule has 11 heavy (non-hydrogen) atoms. The summed E-state index contributed by atoms with van der Waals surface area (Å²) in [7, 11) is 0. The number of rotatable bonds is 0. The maximum atomic E-state index is 12.4. The second kappa shape index (κ2) is 1.73. The van der Waals surface area contributed by atoms with Crippen molar-refractivity contribution < 1.29 is 13.6 Å². The van der Waals surface area contributed by atoms with Gasteiger partial charge in [0.1, 0.15) is 0 Å². The summed E-state index contributed by atoms with van der Waals surface area (Å²) < 4.78 is 24.9. The van der Waals surface area contributed by atoms with E-state index in [0.717, 1.165) is 0 Å². The first-order valence-electron chi connectivity index (χ1n) is 3.70. The summed E-state index contributed by atoms with van der Waals surface area (Å²) in [6, 6.07) is 0. The van der Waals surface area contributed by atoms with Crippen molar-refractivity contribution in [2.45, 2.75) is 25.2 Å². The van der Waals surface area contributed by atoms with Gasteiger partial charge >= 0.3 is 0 Å². The Morgan fingerprint density at radius 1 is 1.36 bits per heavy atom. The highest BCUT2D eigenvalue weighted by Gasteiger charge is 2.61. The lowest BCUT2D eigenvalue weighted by atomic mass is 9.65. The molecule has 0 unspecified atom stereocenters. The van der Waals surface area contributed by atoms with Crippen molar-refractivity contribution in [3.63, 3.8) is 0 Å². The van der Waals surface area contributed by atoms with Crippen molar-refractivity contribution in [2.24, 2.45) is 5.41 Å². The second-order valence-corrected chi connectivity index (χ2v) is 3.50. The molecule has 4 heteroatoms. The molecule has 0 aromatic rings. The molecule has 1 saturated heterocycles. The Morgan fingerprint density at radius 3 is 2.36 bits per heavy atom. The average molecular weight is 161 g/mol. The van der Waals surface area contributed by atoms with Crippen LogP contribution in [-0.2, 0) is 4.79 Å². The fourth-order valence-corrected chi connectivity index (χ4v) is 1.99. The zero-order chi connectivity index (χ0) is 8.11. The van der Waals surface area contributed by atoms with Gasteiger partial charge in [-0.25, -0.2) is 8.78 Å². The summed E-state index contributed by atoms with van der Waals surface area (Å²) in [4.78, 5) is 11.0. The van der Waals surface area contributed by atoms with Gasteiger partial charge in [-0.15, -0.1) is 0 Å². The number of carbonyl (C=O) groups excluding carboxylic acids is 1. The van der Waals surface area contributed by atoms with Gasteiger partial charge in [0.2, 0.25) is 11.8 Å². The van der Waals surface area contributed by atoms with Crippen LogP contribution in [0.2, 0.25) is 0 Å². The highest BCUT2D eigenvalue weighted by Crippen LogP contribution is 2.55. The summed E-state index contributed by atoms with van der Waals surface area (Å²) in [5.74, 6) is -2.76. The number of hydrogen-bond acceptors (Lipinski definition) is 1. The van der Waals surface area contributed by atoms with E-state index in [1.165, 1.54) is 0 Å². The minimum atomic E-state index is -2.58. The molecule has 2 fully saturated rings. The Morgan fingerprint density at radius 2 is 2.00 bits per heavy atom. The summed E-state index contributed by atoms with van der Waals surface area (Å²) in [5, 5.41) is 2.58. The molecule has 1 heterocycles. The summed E-state index contributed by atoms with van der Waals surface area (Å²) >= 11 is 0. The summed E-state index contributed by atoms with van der Waals surface area (Å²) in [6.07, 6.45) is 0.0963. The predicted molar refractivity (Wildman–Crippen MR) is 34.2 cm³/mol. The molecular formula is C7H9F2NO. The van der Waals surface area contributed by atoms with E-state index in [9.17, 15) is 13.6 Å². The van der Waals surface area contributed by atoms with E-state index in [0.29, 0.717) is 13.0 Å². The SMILES string of the molecule is O=C1NCCC12CC(F)(F)C2. The molecule has 62 valence electrons. The Kier molecular flexibility index (Phi) is 1.10. The van der Waals surface area contributed by atoms with Gasteiger partial charge < -0.3 is 5.32 Å². The molecule has 2 nitrogen and oxygen atoms in total. The molecule has 1 N–H and O–H groups in total. The summed E-state index contributed by atoms with van der Waals surface area (Å²) in [6.45, 7) is 0.564. The average Bonchev–Trinajstić information content (AvgIpc) is 2.10. The molecule has 1 aliphatic carbocycles. The van der Waals surface area contributed by atoms with Gasteiger partial charge in [-0.05, 0) is 6.42 Å². The minimum Gasteiger partial charge on any atom is -0.356 e. The van der Waals surface area contributed by atoms with Gasteiger partial charge in [-0.1, -0.05) is 0 Å². The molecule has 1 spiro atoms. The van der Waals surface area contributed by atoms with Crippen LogP contribution in [0.25, 0.3) is 0 Å². The maximum absolute atomic E-state index is 12.4. The van der Waals surface area contributed by atoms with Crippen molar-refractivity contribution in [3.05, 3.63) is 0 Å². The first-order valence-corrected chi connectivity index (χ1v) is 3.70. The smallest absolute Gasteiger partial charge is 0.250 e. The number of carbonyl (C=O) groups is 1. The highest BCUT2D eigenvalue weighted by atomic mass is 19.3. The predicted octanol–water partition coefficient (Wildman–Crippen LogP) is 0.922. The zero-order valence-electron chi connectivity index (χ0n) is 5.99. The van der Waals surface area contributed by atoms with E-state index in [4.69, 9.17) is 0 Å². The van der Waals surface area contributed by atoms with E-state index in [1.54, 1.807) is 0 Å². The quantitative estimate of drug-likeness (QED) is 0.562. The van der Waals surface area contributed by atoms with E-state index in [1.807, 2.05) is 0 Å². The van der Waals surface area contributed by atoms with E-state index >= 15 is 0 Å². The monoisotopic (exact) mass is 161 g/mol. The van der Waals surface area contributed by atoms with Crippen LogP contribution in [-0.4, -0.2) is 18.4 Å². The van der Waals surface area contributed by atoms with Crippen LogP contribution in [0.15, 0.2) is 0 Å². The number of hydrogen-bond donors (Lipinski definition) is 1. The molecule has 0 atom stereocenters. The molecule has 0 aromatic heterocycles. The van der Waals surface area contributed by atoms with Gasteiger partial charge in [-0.3, -0.25) is 4.79 Å². The van der Waals surface area contributed by atoms with Crippen molar-refractivity contribution in [1.29, 1.82) is 0 Å². The molecule has 1 aliphatic heterocycles. The third kappa shape index (κ3) is 0.847. The van der Waals surface area contributed by atoms with Crippen LogP contribution in [0.4, 0.5) is 8.78 Å². The highest BCUT2D eigenvalue weighted by molar-refractivity contribution is 5.86.